The Morgan fingerprint density at radius 3 is 2.08 bits per heavy atom. The summed E-state index contributed by atoms with van der Waals surface area (Å²) in [6.07, 6.45) is 3.28. The number of hydrogen-bond donors (Lipinski definition) is 4. The molecule has 1 heterocycles. The number of thiazole rings is 1. The first-order chi connectivity index (χ1) is 16.4. The smallest absolute Gasteiger partial charge is 0.271 e. The summed E-state index contributed by atoms with van der Waals surface area (Å²) in [5.74, 6) is -0.513. The molecule has 6 N–H and O–H groups in total. The number of carbonyl (C=O) groups is 2. The number of halogens is 1. The number of ether oxygens (including phenoxy) is 2. The molecule has 11 nitrogen and oxygen atoms in total. The lowest BCUT2D eigenvalue weighted by Gasteiger charge is -2.27. The van der Waals surface area contributed by atoms with Crippen molar-refractivity contribution in [2.75, 3.05) is 45.1 Å². The summed E-state index contributed by atoms with van der Waals surface area (Å²) in [6.45, 7) is 9.97. The van der Waals surface area contributed by atoms with Gasteiger partial charge in [-0.3, -0.25) is 19.1 Å². The summed E-state index contributed by atoms with van der Waals surface area (Å²) in [4.78, 5) is 30.5. The van der Waals surface area contributed by atoms with Crippen LogP contribution in [0.4, 0.5) is 5.13 Å². The van der Waals surface area contributed by atoms with E-state index in [1.165, 1.54) is 31.3 Å². The Labute approximate surface area is 231 Å². The van der Waals surface area contributed by atoms with E-state index in [-0.39, 0.29) is 45.9 Å². The number of nitrogens with one attached hydrogen (secondary N) is 3. The molecule has 2 rings (SSSR count). The summed E-state index contributed by atoms with van der Waals surface area (Å²) >= 11 is 1.13. The summed E-state index contributed by atoms with van der Waals surface area (Å²) in [5, 5.41) is 17.4. The SMILES string of the molecule is COc1cc(O)c(C(=O)Nc2nc(C(=O)NCC[NH+](C(C)C)C(C)C)cs2)cc1OC.CS(C)=O.O.[Cl-]. The van der Waals surface area contributed by atoms with Crippen molar-refractivity contribution in [3.05, 3.63) is 28.8 Å². The molecule has 0 aliphatic carbocycles. The van der Waals surface area contributed by atoms with Gasteiger partial charge in [-0.1, -0.05) is 0 Å². The summed E-state index contributed by atoms with van der Waals surface area (Å²) in [7, 11) is 2.26. The van der Waals surface area contributed by atoms with Gasteiger partial charge < -0.3 is 42.7 Å². The van der Waals surface area contributed by atoms with Gasteiger partial charge in [0, 0.05) is 40.8 Å². The minimum atomic E-state index is -0.611. The third-order valence-corrected chi connectivity index (χ3v) is 5.64. The minimum absolute atomic E-state index is 0. The second-order valence-corrected chi connectivity index (χ2v) is 10.7. The number of phenolic OH excluding ortho intramolecular Hbond substituents is 1. The van der Waals surface area contributed by atoms with E-state index in [2.05, 4.69) is 43.3 Å². The molecule has 0 saturated carbocycles. The highest BCUT2D eigenvalue weighted by molar-refractivity contribution is 7.83. The number of anilines is 1. The molecule has 1 aromatic heterocycles. The van der Waals surface area contributed by atoms with Crippen molar-refractivity contribution in [1.82, 2.24) is 10.3 Å². The molecule has 0 aliphatic rings. The molecule has 212 valence electrons. The Balaban J connectivity index is 0. The number of hydrogen-bond acceptors (Lipinski definition) is 8. The lowest BCUT2D eigenvalue weighted by atomic mass is 10.1. The van der Waals surface area contributed by atoms with Crippen LogP contribution in [-0.4, -0.2) is 83.5 Å². The van der Waals surface area contributed by atoms with Crippen molar-refractivity contribution in [3.8, 4) is 17.2 Å². The van der Waals surface area contributed by atoms with Crippen molar-refractivity contribution in [2.45, 2.75) is 39.8 Å². The van der Waals surface area contributed by atoms with Crippen LogP contribution in [0.2, 0.25) is 0 Å². The van der Waals surface area contributed by atoms with E-state index in [1.807, 2.05) is 0 Å². The van der Waals surface area contributed by atoms with Crippen LogP contribution >= 0.6 is 11.3 Å². The molecule has 0 fully saturated rings. The average molecular weight is 583 g/mol. The summed E-state index contributed by atoms with van der Waals surface area (Å²) < 4.78 is 19.8. The molecule has 0 atom stereocenters. The number of phenols is 1. The predicted octanol–water partition coefficient (Wildman–Crippen LogP) is -2.28. The van der Waals surface area contributed by atoms with Crippen molar-refractivity contribution >= 4 is 39.1 Å². The Morgan fingerprint density at radius 2 is 1.59 bits per heavy atom. The molecule has 14 heteroatoms. The number of carbonyl (C=O) groups excluding carboxylic acids is 2. The topological polar surface area (TPSA) is 163 Å². The van der Waals surface area contributed by atoms with E-state index in [0.717, 1.165) is 17.9 Å². The summed E-state index contributed by atoms with van der Waals surface area (Å²) in [6, 6.07) is 3.60. The van der Waals surface area contributed by atoms with Crippen molar-refractivity contribution in [3.63, 3.8) is 0 Å². The molecule has 0 bridgehead atoms. The van der Waals surface area contributed by atoms with Gasteiger partial charge in [0.1, 0.15) is 11.4 Å². The van der Waals surface area contributed by atoms with Crippen LogP contribution in [0.25, 0.3) is 0 Å². The molecule has 0 aliphatic heterocycles. The number of methoxy groups -OCH3 is 2. The van der Waals surface area contributed by atoms with Crippen molar-refractivity contribution in [2.24, 2.45) is 0 Å². The predicted molar refractivity (Wildman–Crippen MR) is 143 cm³/mol. The fourth-order valence-corrected chi connectivity index (χ4v) is 3.99. The van der Waals surface area contributed by atoms with Gasteiger partial charge in [0.05, 0.1) is 45.0 Å². The maximum atomic E-state index is 12.6. The van der Waals surface area contributed by atoms with Crippen LogP contribution in [0.5, 0.6) is 17.2 Å². The summed E-state index contributed by atoms with van der Waals surface area (Å²) in [5.41, 5.74) is 0.233. The van der Waals surface area contributed by atoms with Crippen LogP contribution in [0.1, 0.15) is 48.5 Å². The van der Waals surface area contributed by atoms with Gasteiger partial charge >= 0.3 is 0 Å². The van der Waals surface area contributed by atoms with Crippen LogP contribution in [-0.2, 0) is 10.8 Å². The second-order valence-electron chi connectivity index (χ2n) is 8.35. The first-order valence-corrected chi connectivity index (χ1v) is 13.9. The second kappa shape index (κ2) is 17.9. The number of aromatic hydroxyl groups is 1. The molecular weight excluding hydrogens is 544 g/mol. The zero-order chi connectivity index (χ0) is 26.7. The Hall–Kier alpha value is -2.45. The molecular formula is C23H39ClN4O7S2. The van der Waals surface area contributed by atoms with E-state index in [9.17, 15) is 18.9 Å². The normalized spacial score (nSPS) is 10.3. The van der Waals surface area contributed by atoms with E-state index in [0.29, 0.717) is 30.1 Å². The van der Waals surface area contributed by atoms with Gasteiger partial charge in [0.2, 0.25) is 0 Å². The van der Waals surface area contributed by atoms with Gasteiger partial charge in [-0.2, -0.15) is 0 Å². The molecule has 2 aromatic rings. The Kier molecular flexibility index (Phi) is 17.8. The van der Waals surface area contributed by atoms with Crippen LogP contribution in [0.15, 0.2) is 17.5 Å². The minimum Gasteiger partial charge on any atom is -1.00 e. The monoisotopic (exact) mass is 582 g/mol. The lowest BCUT2D eigenvalue weighted by molar-refractivity contribution is -0.941. The van der Waals surface area contributed by atoms with Crippen molar-refractivity contribution in [1.29, 1.82) is 0 Å². The van der Waals surface area contributed by atoms with Crippen LogP contribution in [0, 0.1) is 0 Å². The van der Waals surface area contributed by atoms with Gasteiger partial charge in [0.25, 0.3) is 11.8 Å². The fraction of sp³-hybridized carbons (Fsp3) is 0.522. The van der Waals surface area contributed by atoms with E-state index in [1.54, 1.807) is 17.9 Å². The maximum absolute atomic E-state index is 12.6. The fourth-order valence-electron chi connectivity index (χ4n) is 3.30. The zero-order valence-corrected chi connectivity index (χ0v) is 24.8. The first kappa shape index (κ1) is 36.7. The van der Waals surface area contributed by atoms with E-state index >= 15 is 0 Å². The lowest BCUT2D eigenvalue weighted by Crippen LogP contribution is -3.18. The van der Waals surface area contributed by atoms with Gasteiger partial charge in [-0.05, 0) is 27.7 Å². The highest BCUT2D eigenvalue weighted by Crippen LogP contribution is 2.34. The number of aromatic nitrogens is 1. The number of amides is 2. The number of rotatable bonds is 10. The standard InChI is InChI=1S/C21H30N4O5S.C2H6OS.ClH.H2O/c1-12(2)25(13(3)4)8-7-22-20(28)15-11-31-21(23-15)24-19(27)14-9-17(29-5)18(30-6)10-16(14)26;1-4(2)3;;/h9-13,26H,7-8H2,1-6H3,(H,22,28)(H,23,24,27);1-2H3;1H;1H2. The molecule has 0 saturated heterocycles. The maximum Gasteiger partial charge on any atom is 0.271 e. The quantitative estimate of drug-likeness (QED) is 0.245. The number of benzene rings is 1. The van der Waals surface area contributed by atoms with E-state index in [4.69, 9.17) is 9.47 Å². The molecule has 0 radical (unpaired) electrons. The Bertz CT molecular complexity index is 1010. The highest BCUT2D eigenvalue weighted by atomic mass is 35.5. The van der Waals surface area contributed by atoms with Gasteiger partial charge in [-0.25, -0.2) is 4.98 Å². The van der Waals surface area contributed by atoms with Gasteiger partial charge in [0.15, 0.2) is 16.6 Å². The molecule has 0 unspecified atom stereocenters. The number of nitrogens with zero attached hydrogens (tertiary/aromatic N) is 1. The van der Waals surface area contributed by atoms with Crippen LogP contribution in [0.3, 0.4) is 0 Å². The Morgan fingerprint density at radius 1 is 1.08 bits per heavy atom. The largest absolute Gasteiger partial charge is 1.00 e. The molecule has 2 amide bonds. The van der Waals surface area contributed by atoms with Crippen molar-refractivity contribution < 1.29 is 51.2 Å². The number of quaternary nitrogens is 1. The molecule has 37 heavy (non-hydrogen) atoms. The average Bonchev–Trinajstić information content (AvgIpc) is 3.23. The first-order valence-electron chi connectivity index (χ1n) is 11.0. The third-order valence-electron chi connectivity index (χ3n) is 4.89. The molecule has 0 spiro atoms. The van der Waals surface area contributed by atoms with Crippen LogP contribution < -0.4 is 37.4 Å². The molecule has 1 aromatic carbocycles. The van der Waals surface area contributed by atoms with Gasteiger partial charge in [-0.15, -0.1) is 11.3 Å². The van der Waals surface area contributed by atoms with E-state index < -0.39 is 16.7 Å². The third kappa shape index (κ3) is 12.1. The highest BCUT2D eigenvalue weighted by Gasteiger charge is 2.20. The zero-order valence-electron chi connectivity index (χ0n) is 22.4.